The highest BCUT2D eigenvalue weighted by molar-refractivity contribution is 5.74. The van der Waals surface area contributed by atoms with Crippen LogP contribution in [0.1, 0.15) is 19.8 Å². The number of rotatable bonds is 4. The highest BCUT2D eigenvalue weighted by Crippen LogP contribution is 2.15. The van der Waals surface area contributed by atoms with Gasteiger partial charge < -0.3 is 20.1 Å². The van der Waals surface area contributed by atoms with E-state index < -0.39 is 0 Å². The Kier molecular flexibility index (Phi) is 5.55. The maximum absolute atomic E-state index is 11.8. The van der Waals surface area contributed by atoms with Crippen LogP contribution >= 0.6 is 0 Å². The lowest BCUT2D eigenvalue weighted by Gasteiger charge is -2.32. The van der Waals surface area contributed by atoms with Crippen LogP contribution < -0.4 is 5.32 Å². The molecular weight excluding hydrogens is 208 g/mol. The first-order valence-electron chi connectivity index (χ1n) is 5.82. The molecular formula is C11H22N2O3. The molecule has 2 unspecified atom stereocenters. The summed E-state index contributed by atoms with van der Waals surface area (Å²) in [6.07, 6.45) is 2.24. The van der Waals surface area contributed by atoms with Crippen molar-refractivity contribution in [3.63, 3.8) is 0 Å². The van der Waals surface area contributed by atoms with E-state index >= 15 is 0 Å². The summed E-state index contributed by atoms with van der Waals surface area (Å²) in [4.78, 5) is 13.6. The third kappa shape index (κ3) is 3.98. The zero-order chi connectivity index (χ0) is 12.0. The number of aliphatic hydroxyl groups excluding tert-OH is 1. The molecule has 1 heterocycles. The lowest BCUT2D eigenvalue weighted by Crippen LogP contribution is -2.50. The number of piperidine rings is 1. The van der Waals surface area contributed by atoms with Gasteiger partial charge in [0.1, 0.15) is 0 Å². The third-order valence-electron chi connectivity index (χ3n) is 2.86. The second-order valence-corrected chi connectivity index (χ2v) is 4.48. The normalized spacial score (nSPS) is 22.9. The van der Waals surface area contributed by atoms with Crippen LogP contribution in [0.2, 0.25) is 0 Å². The van der Waals surface area contributed by atoms with Gasteiger partial charge in [0.05, 0.1) is 19.3 Å². The molecule has 94 valence electrons. The van der Waals surface area contributed by atoms with Gasteiger partial charge in [-0.3, -0.25) is 0 Å². The lowest BCUT2D eigenvalue weighted by molar-refractivity contribution is 0.118. The van der Waals surface area contributed by atoms with Gasteiger partial charge in [-0.1, -0.05) is 6.92 Å². The van der Waals surface area contributed by atoms with E-state index in [9.17, 15) is 4.79 Å². The van der Waals surface area contributed by atoms with E-state index in [4.69, 9.17) is 9.84 Å². The summed E-state index contributed by atoms with van der Waals surface area (Å²) in [5.41, 5.74) is 0. The van der Waals surface area contributed by atoms with Gasteiger partial charge in [0.2, 0.25) is 0 Å². The Bertz CT molecular complexity index is 223. The summed E-state index contributed by atoms with van der Waals surface area (Å²) in [6.45, 7) is 4.00. The molecule has 16 heavy (non-hydrogen) atoms. The fraction of sp³-hybridized carbons (Fsp3) is 0.909. The fourth-order valence-corrected chi connectivity index (χ4v) is 1.98. The molecule has 1 fully saturated rings. The first-order valence-corrected chi connectivity index (χ1v) is 5.82. The standard InChI is InChI=1S/C11H22N2O3/c1-9-4-3-5-13(6-9)11(15)12-10(7-14)8-16-2/h9-10,14H,3-8H2,1-2H3,(H,12,15). The molecule has 5 nitrogen and oxygen atoms in total. The van der Waals surface area contributed by atoms with Gasteiger partial charge in [-0.05, 0) is 18.8 Å². The van der Waals surface area contributed by atoms with E-state index in [2.05, 4.69) is 12.2 Å². The molecule has 1 rings (SSSR count). The number of methoxy groups -OCH3 is 1. The third-order valence-corrected chi connectivity index (χ3v) is 2.86. The zero-order valence-electron chi connectivity index (χ0n) is 10.1. The van der Waals surface area contributed by atoms with Crippen molar-refractivity contribution in [2.75, 3.05) is 33.4 Å². The van der Waals surface area contributed by atoms with Gasteiger partial charge in [0.15, 0.2) is 0 Å². The van der Waals surface area contributed by atoms with E-state index in [0.717, 1.165) is 19.5 Å². The van der Waals surface area contributed by atoms with Crippen molar-refractivity contribution >= 4 is 6.03 Å². The van der Waals surface area contributed by atoms with Crippen molar-refractivity contribution in [2.45, 2.75) is 25.8 Å². The van der Waals surface area contributed by atoms with E-state index in [-0.39, 0.29) is 18.7 Å². The number of hydrogen-bond donors (Lipinski definition) is 2. The van der Waals surface area contributed by atoms with Crippen molar-refractivity contribution in [3.8, 4) is 0 Å². The molecule has 0 aromatic rings. The predicted molar refractivity (Wildman–Crippen MR) is 61.3 cm³/mol. The van der Waals surface area contributed by atoms with E-state index in [0.29, 0.717) is 12.5 Å². The van der Waals surface area contributed by atoms with E-state index in [1.54, 1.807) is 7.11 Å². The fourth-order valence-electron chi connectivity index (χ4n) is 1.98. The SMILES string of the molecule is COCC(CO)NC(=O)N1CCCC(C)C1. The Labute approximate surface area is 96.8 Å². The smallest absolute Gasteiger partial charge is 0.317 e. The topological polar surface area (TPSA) is 61.8 Å². The van der Waals surface area contributed by atoms with Crippen LogP contribution in [0.5, 0.6) is 0 Å². The van der Waals surface area contributed by atoms with Crippen LogP contribution in [0.4, 0.5) is 4.79 Å². The molecule has 2 N–H and O–H groups in total. The van der Waals surface area contributed by atoms with Crippen molar-refractivity contribution in [3.05, 3.63) is 0 Å². The van der Waals surface area contributed by atoms with Crippen LogP contribution in [-0.4, -0.2) is 55.5 Å². The lowest BCUT2D eigenvalue weighted by atomic mass is 10.0. The van der Waals surface area contributed by atoms with Gasteiger partial charge >= 0.3 is 6.03 Å². The molecule has 2 amide bonds. The van der Waals surface area contributed by atoms with Crippen LogP contribution in [0.25, 0.3) is 0 Å². The molecule has 1 aliphatic rings. The largest absolute Gasteiger partial charge is 0.394 e. The number of likely N-dealkylation sites (tertiary alicyclic amines) is 1. The summed E-state index contributed by atoms with van der Waals surface area (Å²) in [5, 5.41) is 11.8. The molecule has 0 spiro atoms. The Balaban J connectivity index is 2.37. The average Bonchev–Trinajstić information content (AvgIpc) is 2.28. The number of ether oxygens (including phenoxy) is 1. The Hall–Kier alpha value is -0.810. The number of nitrogens with one attached hydrogen (secondary N) is 1. The summed E-state index contributed by atoms with van der Waals surface area (Å²) >= 11 is 0. The van der Waals surface area contributed by atoms with Crippen molar-refractivity contribution in [2.24, 2.45) is 5.92 Å². The second kappa shape index (κ2) is 6.70. The summed E-state index contributed by atoms with van der Waals surface area (Å²) in [5.74, 6) is 0.564. The number of carbonyl (C=O) groups is 1. The van der Waals surface area contributed by atoms with E-state index in [1.807, 2.05) is 4.90 Å². The van der Waals surface area contributed by atoms with Gasteiger partial charge in [0, 0.05) is 20.2 Å². The molecule has 0 aromatic carbocycles. The Morgan fingerprint density at radius 1 is 1.69 bits per heavy atom. The second-order valence-electron chi connectivity index (χ2n) is 4.48. The van der Waals surface area contributed by atoms with E-state index in [1.165, 1.54) is 6.42 Å². The Morgan fingerprint density at radius 2 is 2.44 bits per heavy atom. The molecule has 2 atom stereocenters. The average molecular weight is 230 g/mol. The van der Waals surface area contributed by atoms with Gasteiger partial charge in [0.25, 0.3) is 0 Å². The van der Waals surface area contributed by atoms with Crippen molar-refractivity contribution in [1.29, 1.82) is 0 Å². The predicted octanol–water partition coefficient (Wildman–Crippen LogP) is 0.435. The zero-order valence-corrected chi connectivity index (χ0v) is 10.1. The van der Waals surface area contributed by atoms with Crippen LogP contribution in [0.15, 0.2) is 0 Å². The number of aliphatic hydroxyl groups is 1. The van der Waals surface area contributed by atoms with Crippen molar-refractivity contribution < 1.29 is 14.6 Å². The van der Waals surface area contributed by atoms with Gasteiger partial charge in [-0.25, -0.2) is 4.79 Å². The maximum atomic E-state index is 11.8. The number of carbonyl (C=O) groups excluding carboxylic acids is 1. The molecule has 5 heteroatoms. The minimum atomic E-state index is -0.310. The highest BCUT2D eigenvalue weighted by atomic mass is 16.5. The van der Waals surface area contributed by atoms with Crippen molar-refractivity contribution in [1.82, 2.24) is 10.2 Å². The number of urea groups is 1. The minimum Gasteiger partial charge on any atom is -0.394 e. The molecule has 0 aliphatic carbocycles. The maximum Gasteiger partial charge on any atom is 0.317 e. The first kappa shape index (κ1) is 13.3. The number of nitrogens with zero attached hydrogens (tertiary/aromatic N) is 1. The summed E-state index contributed by atoms with van der Waals surface area (Å²) in [6, 6.07) is -0.405. The summed E-state index contributed by atoms with van der Waals surface area (Å²) in [7, 11) is 1.55. The number of hydrogen-bond acceptors (Lipinski definition) is 3. The Morgan fingerprint density at radius 3 is 3.00 bits per heavy atom. The van der Waals surface area contributed by atoms with Crippen LogP contribution in [0.3, 0.4) is 0 Å². The molecule has 0 aromatic heterocycles. The quantitative estimate of drug-likeness (QED) is 0.736. The monoisotopic (exact) mass is 230 g/mol. The highest BCUT2D eigenvalue weighted by Gasteiger charge is 2.22. The van der Waals surface area contributed by atoms with Gasteiger partial charge in [-0.2, -0.15) is 0 Å². The van der Waals surface area contributed by atoms with Crippen LogP contribution in [0, 0.1) is 5.92 Å². The van der Waals surface area contributed by atoms with Crippen LogP contribution in [-0.2, 0) is 4.74 Å². The molecule has 0 saturated carbocycles. The molecule has 1 saturated heterocycles. The summed E-state index contributed by atoms with van der Waals surface area (Å²) < 4.78 is 4.91. The molecule has 0 radical (unpaired) electrons. The molecule has 1 aliphatic heterocycles. The number of amides is 2. The molecule has 0 bridgehead atoms. The minimum absolute atomic E-state index is 0.0943. The first-order chi connectivity index (χ1) is 7.67. The van der Waals surface area contributed by atoms with Gasteiger partial charge in [-0.15, -0.1) is 0 Å².